The molecule has 0 aromatic rings. The Morgan fingerprint density at radius 2 is 0.551 bits per heavy atom. The molecule has 0 aliphatic rings. The predicted octanol–water partition coefficient (Wildman–Crippen LogP) is 20.7. The molecule has 0 spiro atoms. The number of carbonyl (C=O) groups excluding carboxylic acids is 3. The van der Waals surface area contributed by atoms with Crippen LogP contribution in [0.3, 0.4) is 0 Å². The van der Waals surface area contributed by atoms with Crippen molar-refractivity contribution in [2.75, 3.05) is 13.2 Å². The summed E-state index contributed by atoms with van der Waals surface area (Å²) in [7, 11) is 0. The van der Waals surface area contributed by atoms with Crippen molar-refractivity contribution >= 4 is 17.9 Å². The zero-order valence-corrected chi connectivity index (χ0v) is 46.6. The molecule has 0 saturated carbocycles. The first-order valence-electron chi connectivity index (χ1n) is 30.8. The third kappa shape index (κ3) is 56.7. The largest absolute Gasteiger partial charge is 0.462 e. The Bertz CT molecular complexity index is 1110. The smallest absolute Gasteiger partial charge is 0.306 e. The Morgan fingerprint density at radius 3 is 0.855 bits per heavy atom. The lowest BCUT2D eigenvalue weighted by Gasteiger charge is -2.18. The summed E-state index contributed by atoms with van der Waals surface area (Å²) in [6.45, 7) is 6.63. The van der Waals surface area contributed by atoms with Gasteiger partial charge in [-0.25, -0.2) is 0 Å². The van der Waals surface area contributed by atoms with Crippen LogP contribution in [0.5, 0.6) is 0 Å². The van der Waals surface area contributed by atoms with Gasteiger partial charge in [0, 0.05) is 19.3 Å². The van der Waals surface area contributed by atoms with Crippen LogP contribution in [0, 0.1) is 0 Å². The monoisotopic (exact) mass is 971 g/mol. The molecule has 0 radical (unpaired) electrons. The Kier molecular flexibility index (Phi) is 56.7. The number of carbonyl (C=O) groups is 3. The second kappa shape index (κ2) is 58.5. The lowest BCUT2D eigenvalue weighted by molar-refractivity contribution is -0.167. The predicted molar refractivity (Wildman–Crippen MR) is 298 cm³/mol. The molecular weight excluding hydrogens is 853 g/mol. The number of rotatable bonds is 57. The maximum absolute atomic E-state index is 12.9. The Hall–Kier alpha value is -2.11. The first-order chi connectivity index (χ1) is 34.0. The van der Waals surface area contributed by atoms with Crippen LogP contribution in [0.25, 0.3) is 0 Å². The first-order valence-corrected chi connectivity index (χ1v) is 30.8. The molecule has 0 fully saturated rings. The van der Waals surface area contributed by atoms with E-state index >= 15 is 0 Å². The van der Waals surface area contributed by atoms with E-state index in [-0.39, 0.29) is 31.1 Å². The SMILES string of the molecule is CCC/C=C\C/C=C\CCCCCCCC(=O)OCC(COC(=O)CCCCCCCCCCCCCCCCCCCCCC)OC(=O)CCCCCCCCCCCCCCCCCCCC. The summed E-state index contributed by atoms with van der Waals surface area (Å²) in [5.41, 5.74) is 0. The van der Waals surface area contributed by atoms with E-state index in [1.165, 1.54) is 218 Å². The Morgan fingerprint density at radius 1 is 0.290 bits per heavy atom. The van der Waals surface area contributed by atoms with Crippen LogP contribution in [-0.4, -0.2) is 37.2 Å². The van der Waals surface area contributed by atoms with E-state index < -0.39 is 6.10 Å². The number of ether oxygens (including phenoxy) is 3. The van der Waals surface area contributed by atoms with Crippen molar-refractivity contribution in [3.63, 3.8) is 0 Å². The van der Waals surface area contributed by atoms with Gasteiger partial charge in [-0.2, -0.15) is 0 Å². The fourth-order valence-electron chi connectivity index (χ4n) is 9.31. The van der Waals surface area contributed by atoms with Crippen LogP contribution in [0.2, 0.25) is 0 Å². The standard InChI is InChI=1S/C63H118O6/c1-4-7-10-13-16-19-22-25-27-29-31-32-34-35-38-41-44-47-50-53-56-62(65)68-59-60(58-67-61(64)55-52-49-46-43-40-37-24-21-18-15-12-9-6-3)69-63(66)57-54-51-48-45-42-39-36-33-30-28-26-23-20-17-14-11-8-5-2/h12,15,21,24,60H,4-11,13-14,16-20,22-23,25-59H2,1-3H3/b15-12-,24-21-. The molecule has 0 aliphatic carbocycles. The van der Waals surface area contributed by atoms with Gasteiger partial charge in [-0.05, 0) is 44.9 Å². The molecule has 0 rings (SSSR count). The number of esters is 3. The van der Waals surface area contributed by atoms with E-state index in [1.54, 1.807) is 0 Å². The molecule has 0 amide bonds. The lowest BCUT2D eigenvalue weighted by atomic mass is 10.0. The normalized spacial score (nSPS) is 12.1. The fourth-order valence-corrected chi connectivity index (χ4v) is 9.31. The van der Waals surface area contributed by atoms with E-state index in [0.717, 1.165) is 83.5 Å². The zero-order valence-electron chi connectivity index (χ0n) is 46.6. The maximum atomic E-state index is 12.9. The number of hydrogen-bond acceptors (Lipinski definition) is 6. The zero-order chi connectivity index (χ0) is 50.0. The van der Waals surface area contributed by atoms with Crippen molar-refractivity contribution in [1.29, 1.82) is 0 Å². The summed E-state index contributed by atoms with van der Waals surface area (Å²) >= 11 is 0. The van der Waals surface area contributed by atoms with Crippen LogP contribution in [0.15, 0.2) is 24.3 Å². The highest BCUT2D eigenvalue weighted by Gasteiger charge is 2.19. The minimum Gasteiger partial charge on any atom is -0.462 e. The van der Waals surface area contributed by atoms with Crippen LogP contribution in [0.4, 0.5) is 0 Å². The average molecular weight is 972 g/mol. The summed E-state index contributed by atoms with van der Waals surface area (Å²) in [6.07, 6.45) is 68.9. The summed E-state index contributed by atoms with van der Waals surface area (Å²) < 4.78 is 16.9. The van der Waals surface area contributed by atoms with Crippen molar-refractivity contribution in [3.05, 3.63) is 24.3 Å². The molecular formula is C63H118O6. The maximum Gasteiger partial charge on any atom is 0.306 e. The highest BCUT2D eigenvalue weighted by atomic mass is 16.6. The molecule has 0 heterocycles. The number of unbranched alkanes of at least 4 members (excludes halogenated alkanes) is 42. The van der Waals surface area contributed by atoms with Gasteiger partial charge in [-0.1, -0.05) is 302 Å². The van der Waals surface area contributed by atoms with Crippen molar-refractivity contribution in [3.8, 4) is 0 Å². The minimum atomic E-state index is -0.772. The lowest BCUT2D eigenvalue weighted by Crippen LogP contribution is -2.30. The molecule has 1 unspecified atom stereocenters. The van der Waals surface area contributed by atoms with E-state index in [1.807, 2.05) is 0 Å². The molecule has 0 aromatic carbocycles. The van der Waals surface area contributed by atoms with Gasteiger partial charge in [-0.3, -0.25) is 14.4 Å². The summed E-state index contributed by atoms with van der Waals surface area (Å²) in [6, 6.07) is 0. The van der Waals surface area contributed by atoms with Crippen molar-refractivity contribution in [2.45, 2.75) is 348 Å². The van der Waals surface area contributed by atoms with E-state index in [9.17, 15) is 14.4 Å². The number of hydrogen-bond donors (Lipinski definition) is 0. The third-order valence-corrected chi connectivity index (χ3v) is 13.9. The topological polar surface area (TPSA) is 78.9 Å². The van der Waals surface area contributed by atoms with Crippen LogP contribution < -0.4 is 0 Å². The van der Waals surface area contributed by atoms with Gasteiger partial charge in [0.2, 0.25) is 0 Å². The van der Waals surface area contributed by atoms with E-state index in [0.29, 0.717) is 19.3 Å². The Labute approximate surface area is 430 Å². The van der Waals surface area contributed by atoms with Gasteiger partial charge in [0.15, 0.2) is 6.10 Å². The second-order valence-corrected chi connectivity index (χ2v) is 21.0. The van der Waals surface area contributed by atoms with E-state index in [2.05, 4.69) is 45.1 Å². The number of allylic oxidation sites excluding steroid dienone is 4. The summed E-state index contributed by atoms with van der Waals surface area (Å²) in [5, 5.41) is 0. The quantitative estimate of drug-likeness (QED) is 0.0261. The first kappa shape index (κ1) is 66.9. The van der Waals surface area contributed by atoms with Crippen LogP contribution >= 0.6 is 0 Å². The highest BCUT2D eigenvalue weighted by molar-refractivity contribution is 5.71. The Balaban J connectivity index is 4.28. The van der Waals surface area contributed by atoms with Gasteiger partial charge >= 0.3 is 17.9 Å². The molecule has 6 heteroatoms. The molecule has 0 saturated heterocycles. The van der Waals surface area contributed by atoms with Crippen molar-refractivity contribution in [2.24, 2.45) is 0 Å². The minimum absolute atomic E-state index is 0.0698. The van der Waals surface area contributed by atoms with Gasteiger partial charge in [0.1, 0.15) is 13.2 Å². The molecule has 69 heavy (non-hydrogen) atoms. The molecule has 0 aliphatic heterocycles. The van der Waals surface area contributed by atoms with Gasteiger partial charge < -0.3 is 14.2 Å². The fraction of sp³-hybridized carbons (Fsp3) is 0.889. The molecule has 406 valence electrons. The van der Waals surface area contributed by atoms with Gasteiger partial charge in [-0.15, -0.1) is 0 Å². The van der Waals surface area contributed by atoms with Gasteiger partial charge in [0.25, 0.3) is 0 Å². The van der Waals surface area contributed by atoms with Crippen molar-refractivity contribution in [1.82, 2.24) is 0 Å². The summed E-state index contributed by atoms with van der Waals surface area (Å²) in [5.74, 6) is -0.859. The van der Waals surface area contributed by atoms with E-state index in [4.69, 9.17) is 14.2 Å². The van der Waals surface area contributed by atoms with Crippen LogP contribution in [0.1, 0.15) is 342 Å². The highest BCUT2D eigenvalue weighted by Crippen LogP contribution is 2.18. The van der Waals surface area contributed by atoms with Crippen molar-refractivity contribution < 1.29 is 28.6 Å². The third-order valence-electron chi connectivity index (χ3n) is 13.9. The van der Waals surface area contributed by atoms with Crippen LogP contribution in [-0.2, 0) is 28.6 Å². The molecule has 0 bridgehead atoms. The molecule has 6 nitrogen and oxygen atoms in total. The van der Waals surface area contributed by atoms with Gasteiger partial charge in [0.05, 0.1) is 0 Å². The summed E-state index contributed by atoms with van der Waals surface area (Å²) in [4.78, 5) is 38.2. The molecule has 0 aromatic heterocycles. The molecule has 0 N–H and O–H groups in total. The second-order valence-electron chi connectivity index (χ2n) is 21.0. The average Bonchev–Trinajstić information content (AvgIpc) is 3.35. The molecule has 1 atom stereocenters.